The van der Waals surface area contributed by atoms with Crippen LogP contribution in [0.2, 0.25) is 0 Å². The molecular formula is C22H24N2O2S. The molecule has 2 aliphatic rings. The lowest BCUT2D eigenvalue weighted by molar-refractivity contribution is 0.0112. The van der Waals surface area contributed by atoms with Crippen LogP contribution < -0.4 is 5.56 Å². The van der Waals surface area contributed by atoms with Crippen LogP contribution in [0, 0.1) is 5.92 Å². The number of pyridine rings is 1. The van der Waals surface area contributed by atoms with Gasteiger partial charge in [0, 0.05) is 18.7 Å². The van der Waals surface area contributed by atoms with Gasteiger partial charge in [0.2, 0.25) is 0 Å². The SMILES string of the molecule is O=c1c(N=C=S)cc(C2CC2)cn1C[C@@H]1CCC[C@H]1OCc1ccccc1. The number of nitrogens with zero attached hydrogens (tertiary/aromatic N) is 2. The van der Waals surface area contributed by atoms with Gasteiger partial charge in [0.25, 0.3) is 5.56 Å². The van der Waals surface area contributed by atoms with Gasteiger partial charge in [-0.2, -0.15) is 4.99 Å². The van der Waals surface area contributed by atoms with Crippen LogP contribution >= 0.6 is 12.2 Å². The Labute approximate surface area is 164 Å². The van der Waals surface area contributed by atoms with E-state index in [-0.39, 0.29) is 11.7 Å². The minimum Gasteiger partial charge on any atom is -0.373 e. The van der Waals surface area contributed by atoms with Crippen molar-refractivity contribution in [3.63, 3.8) is 0 Å². The number of aromatic nitrogens is 1. The Morgan fingerprint density at radius 3 is 2.74 bits per heavy atom. The Kier molecular flexibility index (Phi) is 5.63. The second-order valence-electron chi connectivity index (χ2n) is 7.62. The van der Waals surface area contributed by atoms with Gasteiger partial charge >= 0.3 is 0 Å². The summed E-state index contributed by atoms with van der Waals surface area (Å²) in [6.45, 7) is 1.30. The Balaban J connectivity index is 1.50. The zero-order valence-corrected chi connectivity index (χ0v) is 16.2. The molecule has 0 aliphatic heterocycles. The molecule has 1 aromatic carbocycles. The molecule has 0 bridgehead atoms. The van der Waals surface area contributed by atoms with Crippen LogP contribution in [0.3, 0.4) is 0 Å². The van der Waals surface area contributed by atoms with E-state index in [1.807, 2.05) is 35.0 Å². The number of hydrogen-bond donors (Lipinski definition) is 0. The first-order valence-corrected chi connectivity index (χ1v) is 10.1. The molecular weight excluding hydrogens is 356 g/mol. The minimum atomic E-state index is -0.0783. The third kappa shape index (κ3) is 4.44. The van der Waals surface area contributed by atoms with Crippen molar-refractivity contribution in [1.82, 2.24) is 4.57 Å². The van der Waals surface area contributed by atoms with Gasteiger partial charge in [-0.25, -0.2) is 0 Å². The van der Waals surface area contributed by atoms with Gasteiger partial charge in [-0.3, -0.25) is 4.79 Å². The lowest BCUT2D eigenvalue weighted by Gasteiger charge is -2.22. The Bertz CT molecular complexity index is 898. The summed E-state index contributed by atoms with van der Waals surface area (Å²) in [4.78, 5) is 16.8. The molecule has 0 unspecified atom stereocenters. The van der Waals surface area contributed by atoms with Crippen molar-refractivity contribution in [2.45, 2.75) is 57.3 Å². The molecule has 140 valence electrons. The third-order valence-corrected chi connectivity index (χ3v) is 5.72. The van der Waals surface area contributed by atoms with Gasteiger partial charge in [-0.15, -0.1) is 0 Å². The molecule has 1 aromatic heterocycles. The van der Waals surface area contributed by atoms with Gasteiger partial charge in [0.1, 0.15) is 5.69 Å². The number of isothiocyanates is 1. The van der Waals surface area contributed by atoms with E-state index in [0.717, 1.165) is 19.3 Å². The van der Waals surface area contributed by atoms with Crippen molar-refractivity contribution in [1.29, 1.82) is 0 Å². The van der Waals surface area contributed by atoms with Gasteiger partial charge in [0.15, 0.2) is 0 Å². The molecule has 0 saturated heterocycles. The fourth-order valence-electron chi connectivity index (χ4n) is 4.01. The van der Waals surface area contributed by atoms with Crippen LogP contribution in [0.5, 0.6) is 0 Å². The molecule has 1 heterocycles. The van der Waals surface area contributed by atoms with E-state index in [0.29, 0.717) is 30.7 Å². The van der Waals surface area contributed by atoms with Crippen molar-refractivity contribution in [2.24, 2.45) is 10.9 Å². The first-order valence-electron chi connectivity index (χ1n) is 9.72. The highest BCUT2D eigenvalue weighted by Gasteiger charge is 2.30. The lowest BCUT2D eigenvalue weighted by atomic mass is 10.1. The molecule has 5 heteroatoms. The summed E-state index contributed by atoms with van der Waals surface area (Å²) in [5, 5.41) is 2.35. The second-order valence-corrected chi connectivity index (χ2v) is 7.80. The standard InChI is InChI=1S/C22H24N2O2S/c25-22-20(23-15-27)11-19(17-9-10-17)13-24(22)12-18-7-4-8-21(18)26-14-16-5-2-1-3-6-16/h1-3,5-6,11,13,17-18,21H,4,7-10,12,14H2/t18-,21+/m0/s1. The summed E-state index contributed by atoms with van der Waals surface area (Å²) < 4.78 is 8.04. The van der Waals surface area contributed by atoms with Crippen molar-refractivity contribution in [3.8, 4) is 0 Å². The van der Waals surface area contributed by atoms with Crippen LogP contribution in [-0.2, 0) is 17.9 Å². The van der Waals surface area contributed by atoms with E-state index in [1.54, 1.807) is 0 Å². The summed E-state index contributed by atoms with van der Waals surface area (Å²) in [6.07, 6.45) is 7.88. The van der Waals surface area contributed by atoms with E-state index >= 15 is 0 Å². The first-order chi connectivity index (χ1) is 13.2. The van der Waals surface area contributed by atoms with E-state index < -0.39 is 0 Å². The fraction of sp³-hybridized carbons (Fsp3) is 0.455. The minimum absolute atomic E-state index is 0.0783. The van der Waals surface area contributed by atoms with Crippen LogP contribution in [0.25, 0.3) is 0 Å². The summed E-state index contributed by atoms with van der Waals surface area (Å²) in [5.74, 6) is 0.912. The maximum atomic E-state index is 12.8. The smallest absolute Gasteiger partial charge is 0.277 e. The number of benzene rings is 1. The second kappa shape index (κ2) is 8.30. The molecule has 2 atom stereocenters. The van der Waals surface area contributed by atoms with E-state index in [1.165, 1.54) is 24.0 Å². The van der Waals surface area contributed by atoms with Crippen molar-refractivity contribution in [2.75, 3.05) is 0 Å². The van der Waals surface area contributed by atoms with E-state index in [4.69, 9.17) is 17.0 Å². The molecule has 0 amide bonds. The van der Waals surface area contributed by atoms with E-state index in [2.05, 4.69) is 22.3 Å². The maximum absolute atomic E-state index is 12.8. The van der Waals surface area contributed by atoms with Crippen molar-refractivity contribution < 1.29 is 4.74 Å². The summed E-state index contributed by atoms with van der Waals surface area (Å²) in [7, 11) is 0. The topological polar surface area (TPSA) is 43.6 Å². The van der Waals surface area contributed by atoms with Gasteiger partial charge in [-0.05, 0) is 61.0 Å². The van der Waals surface area contributed by atoms with Crippen molar-refractivity contribution in [3.05, 3.63) is 64.1 Å². The molecule has 27 heavy (non-hydrogen) atoms. The van der Waals surface area contributed by atoms with E-state index in [9.17, 15) is 4.79 Å². The highest BCUT2D eigenvalue weighted by Crippen LogP contribution is 2.40. The Morgan fingerprint density at radius 1 is 1.19 bits per heavy atom. The monoisotopic (exact) mass is 380 g/mol. The average Bonchev–Trinajstić information content (AvgIpc) is 3.45. The van der Waals surface area contributed by atoms with Crippen LogP contribution in [0.15, 0.2) is 52.4 Å². The average molecular weight is 381 g/mol. The zero-order valence-electron chi connectivity index (χ0n) is 15.3. The Morgan fingerprint density at radius 2 is 2.00 bits per heavy atom. The van der Waals surface area contributed by atoms with Crippen LogP contribution in [0.4, 0.5) is 5.69 Å². The van der Waals surface area contributed by atoms with Gasteiger partial charge < -0.3 is 9.30 Å². The largest absolute Gasteiger partial charge is 0.373 e. The lowest BCUT2D eigenvalue weighted by Crippen LogP contribution is -2.28. The molecule has 2 fully saturated rings. The molecule has 2 aromatic rings. The Hall–Kier alpha value is -2.07. The molecule has 4 nitrogen and oxygen atoms in total. The number of hydrogen-bond acceptors (Lipinski definition) is 4. The molecule has 2 saturated carbocycles. The highest BCUT2D eigenvalue weighted by molar-refractivity contribution is 7.78. The summed E-state index contributed by atoms with van der Waals surface area (Å²) >= 11 is 4.72. The predicted octanol–water partition coefficient (Wildman–Crippen LogP) is 4.85. The first kappa shape index (κ1) is 18.3. The third-order valence-electron chi connectivity index (χ3n) is 5.63. The number of aliphatic imine (C=N–C) groups is 1. The van der Waals surface area contributed by atoms with Crippen LogP contribution in [0.1, 0.15) is 49.1 Å². The molecule has 0 radical (unpaired) electrons. The zero-order chi connectivity index (χ0) is 18.6. The maximum Gasteiger partial charge on any atom is 0.277 e. The summed E-state index contributed by atoms with van der Waals surface area (Å²) in [5.41, 5.74) is 2.71. The molecule has 0 N–H and O–H groups in total. The molecule has 4 rings (SSSR count). The normalized spacial score (nSPS) is 21.8. The predicted molar refractivity (Wildman–Crippen MR) is 110 cm³/mol. The van der Waals surface area contributed by atoms with Gasteiger partial charge in [0.05, 0.1) is 17.9 Å². The molecule has 0 spiro atoms. The van der Waals surface area contributed by atoms with Crippen LogP contribution in [-0.4, -0.2) is 15.8 Å². The number of ether oxygens (including phenoxy) is 1. The number of rotatable bonds is 7. The fourth-order valence-corrected chi connectivity index (χ4v) is 4.11. The van der Waals surface area contributed by atoms with Crippen molar-refractivity contribution >= 4 is 23.1 Å². The number of thiocarbonyl (C=S) groups is 1. The molecule has 2 aliphatic carbocycles. The summed E-state index contributed by atoms with van der Waals surface area (Å²) in [6, 6.07) is 12.1. The highest BCUT2D eigenvalue weighted by atomic mass is 32.1. The quantitative estimate of drug-likeness (QED) is 0.510. The van der Waals surface area contributed by atoms with Gasteiger partial charge in [-0.1, -0.05) is 36.8 Å².